The van der Waals surface area contributed by atoms with Gasteiger partial charge in [0.2, 0.25) is 0 Å². The van der Waals surface area contributed by atoms with Crippen LogP contribution in [0.4, 0.5) is 5.69 Å². The highest BCUT2D eigenvalue weighted by atomic mass is 35.5. The van der Waals surface area contributed by atoms with Crippen LogP contribution < -0.4 is 20.1 Å². The summed E-state index contributed by atoms with van der Waals surface area (Å²) in [6.07, 6.45) is -0.468. The van der Waals surface area contributed by atoms with Gasteiger partial charge in [-0.15, -0.1) is 0 Å². The maximum absolute atomic E-state index is 12.1. The zero-order valence-corrected chi connectivity index (χ0v) is 15.4. The van der Waals surface area contributed by atoms with Crippen LogP contribution in [0.25, 0.3) is 0 Å². The molecule has 7 nitrogen and oxygen atoms in total. The van der Waals surface area contributed by atoms with Gasteiger partial charge in [0.25, 0.3) is 0 Å². The minimum Gasteiger partial charge on any atom is -0.486 e. The molecule has 0 saturated carbocycles. The van der Waals surface area contributed by atoms with Gasteiger partial charge in [-0.05, 0) is 18.2 Å². The number of amides is 2. The number of carbonyl (C=O) groups excluding carboxylic acids is 2. The van der Waals surface area contributed by atoms with Crippen molar-refractivity contribution in [2.45, 2.75) is 6.10 Å². The molecular weight excluding hydrogens is 372 g/mol. The van der Waals surface area contributed by atoms with Crippen LogP contribution in [0, 0.1) is 0 Å². The molecule has 0 radical (unpaired) electrons. The third kappa shape index (κ3) is 4.69. The van der Waals surface area contributed by atoms with Crippen molar-refractivity contribution in [1.82, 2.24) is 5.32 Å². The van der Waals surface area contributed by atoms with Crippen LogP contribution >= 0.6 is 11.6 Å². The van der Waals surface area contributed by atoms with Gasteiger partial charge in [-0.25, -0.2) is 0 Å². The summed E-state index contributed by atoms with van der Waals surface area (Å²) in [5.74, 6) is -0.441. The molecule has 2 amide bonds. The van der Waals surface area contributed by atoms with E-state index < -0.39 is 17.9 Å². The first kappa shape index (κ1) is 19.0. The molecule has 0 bridgehead atoms. The summed E-state index contributed by atoms with van der Waals surface area (Å²) in [6.45, 7) is 1.02. The Labute approximate surface area is 161 Å². The van der Waals surface area contributed by atoms with E-state index in [2.05, 4.69) is 10.6 Å². The summed E-state index contributed by atoms with van der Waals surface area (Å²) < 4.78 is 16.2. The average molecular weight is 391 g/mol. The lowest BCUT2D eigenvalue weighted by Gasteiger charge is -2.19. The zero-order chi connectivity index (χ0) is 19.2. The molecule has 142 valence electrons. The quantitative estimate of drug-likeness (QED) is 0.766. The number of halogens is 1. The molecule has 27 heavy (non-hydrogen) atoms. The van der Waals surface area contributed by atoms with Crippen LogP contribution in [-0.2, 0) is 14.3 Å². The first-order valence-electron chi connectivity index (χ1n) is 8.34. The smallest absolute Gasteiger partial charge is 0.313 e. The highest BCUT2D eigenvalue weighted by Crippen LogP contribution is 2.32. The molecule has 2 N–H and O–H groups in total. The van der Waals surface area contributed by atoms with Gasteiger partial charge in [0.05, 0.1) is 0 Å². The van der Waals surface area contributed by atoms with Gasteiger partial charge < -0.3 is 24.8 Å². The van der Waals surface area contributed by atoms with Gasteiger partial charge in [-0.2, -0.15) is 0 Å². The number of methoxy groups -OCH3 is 1. The van der Waals surface area contributed by atoms with Crippen LogP contribution in [0.15, 0.2) is 42.5 Å². The van der Waals surface area contributed by atoms with E-state index in [1.165, 1.54) is 7.11 Å². The van der Waals surface area contributed by atoms with Gasteiger partial charge >= 0.3 is 11.8 Å². The Kier molecular flexibility index (Phi) is 6.16. The summed E-state index contributed by atoms with van der Waals surface area (Å²) in [4.78, 5) is 24.2. The fraction of sp³-hybridized carbons (Fsp3) is 0.263. The highest BCUT2D eigenvalue weighted by molar-refractivity contribution is 6.39. The fourth-order valence-corrected chi connectivity index (χ4v) is 2.89. The van der Waals surface area contributed by atoms with Crippen molar-refractivity contribution < 1.29 is 23.8 Å². The maximum atomic E-state index is 12.1. The van der Waals surface area contributed by atoms with Gasteiger partial charge in [-0.3, -0.25) is 9.59 Å². The lowest BCUT2D eigenvalue weighted by atomic mass is 10.1. The van der Waals surface area contributed by atoms with Crippen molar-refractivity contribution in [3.63, 3.8) is 0 Å². The van der Waals surface area contributed by atoms with E-state index in [9.17, 15) is 9.59 Å². The predicted molar refractivity (Wildman–Crippen MR) is 100 cm³/mol. The Hall–Kier alpha value is -2.77. The summed E-state index contributed by atoms with van der Waals surface area (Å²) in [6, 6.07) is 12.1. The Morgan fingerprint density at radius 2 is 1.85 bits per heavy atom. The lowest BCUT2D eigenvalue weighted by Crippen LogP contribution is -2.38. The van der Waals surface area contributed by atoms with Crippen LogP contribution in [0.2, 0.25) is 5.02 Å². The van der Waals surface area contributed by atoms with Crippen LogP contribution in [0.1, 0.15) is 11.7 Å². The third-order valence-corrected chi connectivity index (χ3v) is 4.34. The first-order valence-corrected chi connectivity index (χ1v) is 8.72. The van der Waals surface area contributed by atoms with Crippen molar-refractivity contribution in [2.75, 3.05) is 32.2 Å². The summed E-state index contributed by atoms with van der Waals surface area (Å²) >= 11 is 6.15. The molecule has 2 aromatic carbocycles. The molecular formula is C19H19ClN2O5. The largest absolute Gasteiger partial charge is 0.486 e. The minimum atomic E-state index is -0.791. The molecule has 8 heteroatoms. The number of nitrogens with one attached hydrogen (secondary N) is 2. The van der Waals surface area contributed by atoms with Crippen molar-refractivity contribution >= 4 is 29.1 Å². The highest BCUT2D eigenvalue weighted by Gasteiger charge is 2.19. The average Bonchev–Trinajstić information content (AvgIpc) is 2.69. The summed E-state index contributed by atoms with van der Waals surface area (Å²) in [5, 5.41) is 5.61. The second-order valence-electron chi connectivity index (χ2n) is 5.77. The number of hydrogen-bond donors (Lipinski definition) is 2. The van der Waals surface area contributed by atoms with Crippen molar-refractivity contribution in [3.05, 3.63) is 53.1 Å². The fourth-order valence-electron chi connectivity index (χ4n) is 2.63. The third-order valence-electron chi connectivity index (χ3n) is 3.99. The monoisotopic (exact) mass is 390 g/mol. The predicted octanol–water partition coefficient (Wildman–Crippen LogP) is 2.55. The van der Waals surface area contributed by atoms with Crippen LogP contribution in [-0.4, -0.2) is 38.7 Å². The SMILES string of the molecule is CO[C@H](CNC(=O)C(=O)Nc1ccc2c(c1)OCCO2)c1ccccc1Cl. The maximum Gasteiger partial charge on any atom is 0.313 e. The van der Waals surface area contributed by atoms with Crippen LogP contribution in [0.5, 0.6) is 11.5 Å². The van der Waals surface area contributed by atoms with E-state index in [1.807, 2.05) is 6.07 Å². The van der Waals surface area contributed by atoms with E-state index in [4.69, 9.17) is 25.8 Å². The molecule has 2 aromatic rings. The number of rotatable bonds is 5. The topological polar surface area (TPSA) is 85.9 Å². The Bertz CT molecular complexity index is 843. The number of ether oxygens (including phenoxy) is 3. The molecule has 3 rings (SSSR count). The van der Waals surface area contributed by atoms with E-state index in [-0.39, 0.29) is 6.54 Å². The molecule has 0 saturated heterocycles. The molecule has 0 fully saturated rings. The van der Waals surface area contributed by atoms with Gasteiger partial charge in [0.15, 0.2) is 11.5 Å². The lowest BCUT2D eigenvalue weighted by molar-refractivity contribution is -0.136. The van der Waals surface area contributed by atoms with E-state index in [0.29, 0.717) is 35.4 Å². The van der Waals surface area contributed by atoms with Gasteiger partial charge in [0.1, 0.15) is 19.3 Å². The molecule has 0 aromatic heterocycles. The van der Waals surface area contributed by atoms with E-state index in [1.54, 1.807) is 36.4 Å². The molecule has 1 aliphatic rings. The number of anilines is 1. The molecule has 0 unspecified atom stereocenters. The second-order valence-corrected chi connectivity index (χ2v) is 6.18. The van der Waals surface area contributed by atoms with Gasteiger partial charge in [0, 0.05) is 36.0 Å². The molecule has 1 aliphatic heterocycles. The van der Waals surface area contributed by atoms with Crippen molar-refractivity contribution in [3.8, 4) is 11.5 Å². The summed E-state index contributed by atoms with van der Waals surface area (Å²) in [7, 11) is 1.51. The Balaban J connectivity index is 1.57. The first-order chi connectivity index (χ1) is 13.1. The van der Waals surface area contributed by atoms with Gasteiger partial charge in [-0.1, -0.05) is 29.8 Å². The zero-order valence-electron chi connectivity index (χ0n) is 14.7. The number of benzene rings is 2. The summed E-state index contributed by atoms with van der Waals surface area (Å²) in [5.41, 5.74) is 1.17. The second kappa shape index (κ2) is 8.75. The minimum absolute atomic E-state index is 0.105. The molecule has 1 atom stereocenters. The standard InChI is InChI=1S/C19H19ClN2O5/c1-25-17(13-4-2-3-5-14(13)20)11-21-18(23)19(24)22-12-6-7-15-16(10-12)27-9-8-26-15/h2-7,10,17H,8-9,11H2,1H3,(H,21,23)(H,22,24)/t17-/m1/s1. The van der Waals surface area contributed by atoms with E-state index >= 15 is 0 Å². The number of hydrogen-bond acceptors (Lipinski definition) is 5. The molecule has 0 aliphatic carbocycles. The van der Waals surface area contributed by atoms with Crippen molar-refractivity contribution in [1.29, 1.82) is 0 Å². The normalized spacial score (nSPS) is 13.6. The molecule has 0 spiro atoms. The number of carbonyl (C=O) groups is 2. The number of fused-ring (bicyclic) bond motifs is 1. The Morgan fingerprint density at radius 1 is 1.11 bits per heavy atom. The van der Waals surface area contributed by atoms with Crippen molar-refractivity contribution in [2.24, 2.45) is 0 Å². The molecule has 1 heterocycles. The van der Waals surface area contributed by atoms with Crippen LogP contribution in [0.3, 0.4) is 0 Å². The Morgan fingerprint density at radius 3 is 2.59 bits per heavy atom. The van der Waals surface area contributed by atoms with E-state index in [0.717, 1.165) is 5.56 Å².